The van der Waals surface area contributed by atoms with Gasteiger partial charge in [-0.25, -0.2) is 4.39 Å². The lowest BCUT2D eigenvalue weighted by Gasteiger charge is -2.05. The quantitative estimate of drug-likeness (QED) is 0.557. The maximum atomic E-state index is 12.8. The number of phenolic OH excluding ortho intramolecular Hbond substituents is 1. The van der Waals surface area contributed by atoms with E-state index in [-0.39, 0.29) is 11.6 Å². The number of halogens is 1. The monoisotopic (exact) mass is 195 g/mol. The number of phenols is 1. The lowest BCUT2D eigenvalue weighted by molar-refractivity contribution is 0.462. The van der Waals surface area contributed by atoms with Crippen LogP contribution in [0.3, 0.4) is 0 Å². The lowest BCUT2D eigenvalue weighted by Crippen LogP contribution is -2.14. The van der Waals surface area contributed by atoms with Gasteiger partial charge in [0.2, 0.25) is 0 Å². The minimum absolute atomic E-state index is 0.123. The van der Waals surface area contributed by atoms with Crippen molar-refractivity contribution in [2.24, 2.45) is 0 Å². The van der Waals surface area contributed by atoms with E-state index in [9.17, 15) is 9.50 Å². The van der Waals surface area contributed by atoms with Crippen LogP contribution in [0, 0.1) is 5.82 Å². The summed E-state index contributed by atoms with van der Waals surface area (Å²) in [4.78, 5) is 0. The molecule has 2 nitrogen and oxygen atoms in total. The summed E-state index contributed by atoms with van der Waals surface area (Å²) in [6.07, 6.45) is 2.66. The summed E-state index contributed by atoms with van der Waals surface area (Å²) in [6.45, 7) is 4.83. The fraction of sp³-hybridized carbons (Fsp3) is 0.273. The molecule has 0 saturated heterocycles. The molecule has 0 spiro atoms. The molecule has 1 aromatic rings. The van der Waals surface area contributed by atoms with E-state index in [0.717, 1.165) is 13.0 Å². The third-order valence-electron chi connectivity index (χ3n) is 1.88. The summed E-state index contributed by atoms with van der Waals surface area (Å²) in [5.41, 5.74) is 0.578. The molecular weight excluding hydrogens is 181 g/mol. The van der Waals surface area contributed by atoms with Crippen molar-refractivity contribution in [1.29, 1.82) is 0 Å². The molecule has 3 heteroatoms. The van der Waals surface area contributed by atoms with Crippen molar-refractivity contribution in [3.05, 3.63) is 42.2 Å². The van der Waals surface area contributed by atoms with Gasteiger partial charge in [-0.2, -0.15) is 0 Å². The first-order valence-corrected chi connectivity index (χ1v) is 4.53. The van der Waals surface area contributed by atoms with Gasteiger partial charge >= 0.3 is 0 Å². The molecule has 14 heavy (non-hydrogen) atoms. The highest BCUT2D eigenvalue weighted by atomic mass is 19.1. The maximum absolute atomic E-state index is 12.8. The molecule has 0 saturated carbocycles. The van der Waals surface area contributed by atoms with Crippen molar-refractivity contribution < 1.29 is 9.50 Å². The highest BCUT2D eigenvalue weighted by molar-refractivity contribution is 5.32. The van der Waals surface area contributed by atoms with Crippen LogP contribution in [0.1, 0.15) is 12.0 Å². The topological polar surface area (TPSA) is 32.3 Å². The van der Waals surface area contributed by atoms with Crippen LogP contribution in [-0.2, 0) is 6.54 Å². The third kappa shape index (κ3) is 3.18. The van der Waals surface area contributed by atoms with Gasteiger partial charge in [-0.1, -0.05) is 6.08 Å². The van der Waals surface area contributed by atoms with Crippen LogP contribution in [-0.4, -0.2) is 11.7 Å². The van der Waals surface area contributed by atoms with Gasteiger partial charge in [-0.05, 0) is 31.2 Å². The van der Waals surface area contributed by atoms with E-state index in [1.807, 2.05) is 0 Å². The number of hydrogen-bond donors (Lipinski definition) is 2. The van der Waals surface area contributed by atoms with Gasteiger partial charge in [0, 0.05) is 12.1 Å². The van der Waals surface area contributed by atoms with E-state index in [1.165, 1.54) is 18.2 Å². The molecule has 0 bridgehead atoms. The Labute approximate surface area is 83.1 Å². The van der Waals surface area contributed by atoms with E-state index in [2.05, 4.69) is 11.9 Å². The Morgan fingerprint density at radius 3 is 3.00 bits per heavy atom. The second-order valence-electron chi connectivity index (χ2n) is 3.03. The Kier molecular flexibility index (Phi) is 4.13. The molecule has 0 amide bonds. The van der Waals surface area contributed by atoms with Crippen LogP contribution in [0.5, 0.6) is 5.75 Å². The molecule has 0 fully saturated rings. The van der Waals surface area contributed by atoms with Gasteiger partial charge < -0.3 is 10.4 Å². The SMILES string of the molecule is C=CCCNCc1cc(F)ccc1O. The smallest absolute Gasteiger partial charge is 0.123 e. The average molecular weight is 195 g/mol. The number of benzene rings is 1. The molecule has 0 atom stereocenters. The van der Waals surface area contributed by atoms with Gasteiger partial charge in [-0.3, -0.25) is 0 Å². The van der Waals surface area contributed by atoms with Gasteiger partial charge in [0.15, 0.2) is 0 Å². The van der Waals surface area contributed by atoms with Crippen LogP contribution < -0.4 is 5.32 Å². The minimum Gasteiger partial charge on any atom is -0.508 e. The fourth-order valence-electron chi connectivity index (χ4n) is 1.12. The molecule has 2 N–H and O–H groups in total. The van der Waals surface area contributed by atoms with Crippen molar-refractivity contribution in [3.8, 4) is 5.75 Å². The third-order valence-corrected chi connectivity index (χ3v) is 1.88. The molecule has 76 valence electrons. The summed E-state index contributed by atoms with van der Waals surface area (Å²) in [7, 11) is 0. The number of rotatable bonds is 5. The second kappa shape index (κ2) is 5.40. The average Bonchev–Trinajstić information content (AvgIpc) is 2.18. The second-order valence-corrected chi connectivity index (χ2v) is 3.03. The summed E-state index contributed by atoms with van der Waals surface area (Å²) in [6, 6.07) is 3.93. The number of hydrogen-bond acceptors (Lipinski definition) is 2. The largest absolute Gasteiger partial charge is 0.508 e. The van der Waals surface area contributed by atoms with Crippen molar-refractivity contribution >= 4 is 0 Å². The highest BCUT2D eigenvalue weighted by Crippen LogP contribution is 2.17. The molecule has 0 aliphatic heterocycles. The number of aromatic hydroxyl groups is 1. The Bertz CT molecular complexity index is 312. The Hall–Kier alpha value is -1.35. The predicted molar refractivity (Wildman–Crippen MR) is 54.6 cm³/mol. The molecule has 0 aromatic heterocycles. The summed E-state index contributed by atoms with van der Waals surface area (Å²) in [5.74, 6) is -0.208. The molecule has 0 unspecified atom stereocenters. The van der Waals surface area contributed by atoms with Crippen LogP contribution >= 0.6 is 0 Å². The van der Waals surface area contributed by atoms with Crippen LogP contribution in [0.15, 0.2) is 30.9 Å². The first-order chi connectivity index (χ1) is 6.74. The molecule has 1 rings (SSSR count). The fourth-order valence-corrected chi connectivity index (χ4v) is 1.12. The zero-order valence-electron chi connectivity index (χ0n) is 7.96. The van der Waals surface area contributed by atoms with Crippen molar-refractivity contribution in [2.75, 3.05) is 6.54 Å². The first kappa shape index (κ1) is 10.7. The van der Waals surface area contributed by atoms with E-state index < -0.39 is 0 Å². The number of nitrogens with one attached hydrogen (secondary N) is 1. The molecule has 0 heterocycles. The molecule has 0 aliphatic carbocycles. The first-order valence-electron chi connectivity index (χ1n) is 4.53. The van der Waals surface area contributed by atoms with Crippen LogP contribution in [0.25, 0.3) is 0 Å². The van der Waals surface area contributed by atoms with Crippen molar-refractivity contribution in [3.63, 3.8) is 0 Å². The Balaban J connectivity index is 2.49. The summed E-state index contributed by atoms with van der Waals surface area (Å²) >= 11 is 0. The zero-order chi connectivity index (χ0) is 10.4. The predicted octanol–water partition coefficient (Wildman–Crippen LogP) is 2.20. The van der Waals surface area contributed by atoms with Crippen molar-refractivity contribution in [1.82, 2.24) is 5.32 Å². The normalized spacial score (nSPS) is 10.1. The van der Waals surface area contributed by atoms with E-state index in [0.29, 0.717) is 12.1 Å². The highest BCUT2D eigenvalue weighted by Gasteiger charge is 2.01. The minimum atomic E-state index is -0.330. The molecule has 1 aromatic carbocycles. The van der Waals surface area contributed by atoms with Crippen LogP contribution in [0.2, 0.25) is 0 Å². The standard InChI is InChI=1S/C11H14FNO/c1-2-3-6-13-8-9-7-10(12)4-5-11(9)14/h2,4-5,7,13-14H,1,3,6,8H2. The Morgan fingerprint density at radius 2 is 2.29 bits per heavy atom. The van der Waals surface area contributed by atoms with Gasteiger partial charge in [0.1, 0.15) is 11.6 Å². The van der Waals surface area contributed by atoms with Gasteiger partial charge in [-0.15, -0.1) is 6.58 Å². The van der Waals surface area contributed by atoms with Gasteiger partial charge in [0.05, 0.1) is 0 Å². The molecular formula is C11H14FNO. The van der Waals surface area contributed by atoms with Crippen LogP contribution in [0.4, 0.5) is 4.39 Å². The Morgan fingerprint density at radius 1 is 1.50 bits per heavy atom. The van der Waals surface area contributed by atoms with Gasteiger partial charge in [0.25, 0.3) is 0 Å². The molecule has 0 radical (unpaired) electrons. The zero-order valence-corrected chi connectivity index (χ0v) is 7.96. The summed E-state index contributed by atoms with van der Waals surface area (Å²) < 4.78 is 12.8. The van der Waals surface area contributed by atoms with Crippen molar-refractivity contribution in [2.45, 2.75) is 13.0 Å². The van der Waals surface area contributed by atoms with E-state index >= 15 is 0 Å². The molecule has 0 aliphatic rings. The van der Waals surface area contributed by atoms with E-state index in [1.54, 1.807) is 6.08 Å². The lowest BCUT2D eigenvalue weighted by atomic mass is 10.2. The maximum Gasteiger partial charge on any atom is 0.123 e. The summed E-state index contributed by atoms with van der Waals surface area (Å²) in [5, 5.41) is 12.4. The van der Waals surface area contributed by atoms with E-state index in [4.69, 9.17) is 0 Å².